The second-order valence-electron chi connectivity index (χ2n) is 5.56. The van der Waals surface area contributed by atoms with Crippen LogP contribution in [0.3, 0.4) is 0 Å². The van der Waals surface area contributed by atoms with Gasteiger partial charge in [-0.25, -0.2) is 0 Å². The fourth-order valence-corrected chi connectivity index (χ4v) is 4.16. The van der Waals surface area contributed by atoms with Gasteiger partial charge in [-0.15, -0.1) is 0 Å². The fourth-order valence-electron chi connectivity index (χ4n) is 4.16. The van der Waals surface area contributed by atoms with Crippen molar-refractivity contribution in [1.82, 2.24) is 4.90 Å². The van der Waals surface area contributed by atoms with Gasteiger partial charge in [-0.2, -0.15) is 5.26 Å². The lowest BCUT2D eigenvalue weighted by Gasteiger charge is -2.49. The molecule has 2 bridgehead atoms. The molecule has 3 saturated carbocycles. The molecule has 1 saturated heterocycles. The summed E-state index contributed by atoms with van der Waals surface area (Å²) >= 11 is 0. The maximum Gasteiger partial charge on any atom is 0.0675 e. The van der Waals surface area contributed by atoms with Crippen LogP contribution in [0.25, 0.3) is 0 Å². The third-order valence-electron chi connectivity index (χ3n) is 4.89. The summed E-state index contributed by atoms with van der Waals surface area (Å²) in [5, 5.41) is 9.37. The summed E-state index contributed by atoms with van der Waals surface area (Å²) in [5.74, 6) is 1.93. The van der Waals surface area contributed by atoms with Crippen molar-refractivity contribution in [2.45, 2.75) is 44.6 Å². The molecule has 4 aliphatic rings. The molecule has 0 N–H and O–H groups in total. The highest BCUT2D eigenvalue weighted by Crippen LogP contribution is 2.47. The van der Waals surface area contributed by atoms with Crippen LogP contribution in [0.5, 0.6) is 0 Å². The molecule has 4 rings (SSSR count). The zero-order valence-corrected chi connectivity index (χ0v) is 9.36. The summed E-state index contributed by atoms with van der Waals surface area (Å²) in [7, 11) is 0. The van der Waals surface area contributed by atoms with Crippen molar-refractivity contribution in [3.05, 3.63) is 0 Å². The number of hydrogen-bond donors (Lipinski definition) is 0. The van der Waals surface area contributed by atoms with Gasteiger partial charge in [0.25, 0.3) is 0 Å². The first-order valence-electron chi connectivity index (χ1n) is 6.54. The molecule has 2 atom stereocenters. The van der Waals surface area contributed by atoms with Gasteiger partial charge in [0, 0.05) is 6.04 Å². The second-order valence-corrected chi connectivity index (χ2v) is 5.56. The van der Waals surface area contributed by atoms with Crippen LogP contribution in [0.4, 0.5) is 0 Å². The summed E-state index contributed by atoms with van der Waals surface area (Å²) in [4.78, 5) is 2.63. The van der Waals surface area contributed by atoms with Crippen molar-refractivity contribution in [1.29, 1.82) is 5.26 Å². The van der Waals surface area contributed by atoms with Gasteiger partial charge in [0.2, 0.25) is 0 Å². The first kappa shape index (κ1) is 9.66. The van der Waals surface area contributed by atoms with E-state index in [1.54, 1.807) is 0 Å². The maximum atomic E-state index is 9.37. The Labute approximate surface area is 92.3 Å². The molecule has 0 aromatic rings. The minimum absolute atomic E-state index is 0.357. The lowest BCUT2D eigenvalue weighted by Crippen LogP contribution is -2.52. The van der Waals surface area contributed by atoms with E-state index in [2.05, 4.69) is 11.0 Å². The molecule has 1 heterocycles. The fraction of sp³-hybridized carbons (Fsp3) is 0.923. The van der Waals surface area contributed by atoms with Gasteiger partial charge in [0.1, 0.15) is 0 Å². The minimum atomic E-state index is 0.357. The van der Waals surface area contributed by atoms with E-state index >= 15 is 0 Å². The first-order chi connectivity index (χ1) is 7.40. The molecule has 4 fully saturated rings. The highest BCUT2D eigenvalue weighted by atomic mass is 15.2. The summed E-state index contributed by atoms with van der Waals surface area (Å²) < 4.78 is 0. The van der Waals surface area contributed by atoms with Crippen LogP contribution >= 0.6 is 0 Å². The van der Waals surface area contributed by atoms with Crippen molar-refractivity contribution in [2.24, 2.45) is 17.8 Å². The van der Waals surface area contributed by atoms with E-state index < -0.39 is 0 Å². The molecule has 3 aliphatic carbocycles. The van der Waals surface area contributed by atoms with Crippen LogP contribution in [0.15, 0.2) is 0 Å². The lowest BCUT2D eigenvalue weighted by atomic mass is 9.61. The number of rotatable bonds is 1. The Balaban J connectivity index is 1.82. The maximum absolute atomic E-state index is 9.37. The van der Waals surface area contributed by atoms with E-state index in [4.69, 9.17) is 0 Å². The Morgan fingerprint density at radius 3 is 2.13 bits per heavy atom. The van der Waals surface area contributed by atoms with E-state index in [9.17, 15) is 5.26 Å². The molecule has 82 valence electrons. The third-order valence-corrected chi connectivity index (χ3v) is 4.89. The number of hydrogen-bond acceptors (Lipinski definition) is 2. The largest absolute Gasteiger partial charge is 0.299 e. The molecule has 0 radical (unpaired) electrons. The van der Waals surface area contributed by atoms with Crippen LogP contribution in [0.2, 0.25) is 0 Å². The molecule has 0 aromatic heterocycles. The average molecular weight is 204 g/mol. The standard InChI is InChI=1S/C13H20N2/c14-9-12-10-3-5-11(6-4-10)13(12)15-7-1-2-8-15/h10-13H,1-8H2/t10?,11?,12-,13+/m1/s1. The molecule has 2 nitrogen and oxygen atoms in total. The Hall–Kier alpha value is -0.550. The highest BCUT2D eigenvalue weighted by molar-refractivity contribution is 5.06. The van der Waals surface area contributed by atoms with Crippen LogP contribution < -0.4 is 0 Å². The molecule has 2 heteroatoms. The van der Waals surface area contributed by atoms with E-state index in [1.165, 1.54) is 51.6 Å². The topological polar surface area (TPSA) is 27.0 Å². The molecule has 0 unspecified atom stereocenters. The van der Waals surface area contributed by atoms with Crippen molar-refractivity contribution >= 4 is 0 Å². The van der Waals surface area contributed by atoms with E-state index in [0.717, 1.165) is 11.8 Å². The van der Waals surface area contributed by atoms with Gasteiger partial charge in [-0.3, -0.25) is 4.90 Å². The third kappa shape index (κ3) is 1.49. The molecule has 15 heavy (non-hydrogen) atoms. The summed E-state index contributed by atoms with van der Waals surface area (Å²) in [5.41, 5.74) is 0. The number of fused-ring (bicyclic) bond motifs is 3. The number of likely N-dealkylation sites (tertiary alicyclic amines) is 1. The quantitative estimate of drug-likeness (QED) is 0.656. The van der Waals surface area contributed by atoms with Gasteiger partial charge in [-0.05, 0) is 63.5 Å². The second kappa shape index (κ2) is 3.79. The monoisotopic (exact) mass is 204 g/mol. The van der Waals surface area contributed by atoms with Gasteiger partial charge in [-0.1, -0.05) is 0 Å². The molecule has 1 aliphatic heterocycles. The zero-order valence-electron chi connectivity index (χ0n) is 9.36. The van der Waals surface area contributed by atoms with E-state index in [-0.39, 0.29) is 0 Å². The summed E-state index contributed by atoms with van der Waals surface area (Å²) in [6.07, 6.45) is 8.15. The molecular weight excluding hydrogens is 184 g/mol. The first-order valence-corrected chi connectivity index (χ1v) is 6.54. The Kier molecular flexibility index (Phi) is 2.44. The minimum Gasteiger partial charge on any atom is -0.299 e. The van der Waals surface area contributed by atoms with Gasteiger partial charge < -0.3 is 0 Å². The van der Waals surface area contributed by atoms with Crippen LogP contribution in [0, 0.1) is 29.1 Å². The van der Waals surface area contributed by atoms with Crippen molar-refractivity contribution in [3.63, 3.8) is 0 Å². The summed E-state index contributed by atoms with van der Waals surface area (Å²) in [6.45, 7) is 2.51. The highest BCUT2D eigenvalue weighted by Gasteiger charge is 2.46. The zero-order chi connectivity index (χ0) is 10.3. The molecule has 0 aromatic carbocycles. The van der Waals surface area contributed by atoms with Crippen LogP contribution in [-0.4, -0.2) is 24.0 Å². The van der Waals surface area contributed by atoms with E-state index in [0.29, 0.717) is 12.0 Å². The number of nitriles is 1. The van der Waals surface area contributed by atoms with Crippen molar-refractivity contribution in [2.75, 3.05) is 13.1 Å². The Bertz CT molecular complexity index is 265. The number of nitrogens with zero attached hydrogens (tertiary/aromatic N) is 2. The average Bonchev–Trinajstić information content (AvgIpc) is 2.82. The predicted octanol–water partition coefficient (Wildman–Crippen LogP) is 2.41. The lowest BCUT2D eigenvalue weighted by molar-refractivity contribution is 0.0122. The van der Waals surface area contributed by atoms with Gasteiger partial charge in [0.05, 0.1) is 12.0 Å². The van der Waals surface area contributed by atoms with Crippen molar-refractivity contribution in [3.8, 4) is 6.07 Å². The smallest absolute Gasteiger partial charge is 0.0675 e. The van der Waals surface area contributed by atoms with Crippen LogP contribution in [0.1, 0.15) is 38.5 Å². The molecular formula is C13H20N2. The van der Waals surface area contributed by atoms with Gasteiger partial charge in [0.15, 0.2) is 0 Å². The van der Waals surface area contributed by atoms with Gasteiger partial charge >= 0.3 is 0 Å². The SMILES string of the molecule is N#C[C@@H]1C2CCC(CC2)[C@@H]1N1CCCC1. The molecule has 0 amide bonds. The Morgan fingerprint density at radius 1 is 0.933 bits per heavy atom. The van der Waals surface area contributed by atoms with E-state index in [1.807, 2.05) is 0 Å². The Morgan fingerprint density at radius 2 is 1.53 bits per heavy atom. The normalized spacial score (nSPS) is 45.5. The molecule has 0 spiro atoms. The predicted molar refractivity (Wildman–Crippen MR) is 59.1 cm³/mol. The van der Waals surface area contributed by atoms with Crippen molar-refractivity contribution < 1.29 is 0 Å². The summed E-state index contributed by atoms with van der Waals surface area (Å²) in [6, 6.07) is 3.25. The van der Waals surface area contributed by atoms with Crippen LogP contribution in [-0.2, 0) is 0 Å².